The van der Waals surface area contributed by atoms with Crippen molar-refractivity contribution in [3.8, 4) is 0 Å². The van der Waals surface area contributed by atoms with E-state index in [1.165, 1.54) is 11.9 Å². The number of carboxylic acids is 1. The van der Waals surface area contributed by atoms with E-state index in [4.69, 9.17) is 5.11 Å². The van der Waals surface area contributed by atoms with Crippen molar-refractivity contribution in [2.45, 2.75) is 6.42 Å². The lowest BCUT2D eigenvalue weighted by Gasteiger charge is -2.15. The van der Waals surface area contributed by atoms with E-state index < -0.39 is 21.9 Å². The molecule has 0 bridgehead atoms. The van der Waals surface area contributed by atoms with Crippen molar-refractivity contribution < 1.29 is 23.1 Å². The van der Waals surface area contributed by atoms with E-state index in [2.05, 4.69) is 4.72 Å². The lowest BCUT2D eigenvalue weighted by molar-refractivity contribution is -0.141. The number of nitrogens with one attached hydrogen (secondary N) is 1. The number of sulfonamides is 1. The summed E-state index contributed by atoms with van der Waals surface area (Å²) in [6, 6.07) is 0. The average molecular weight is 250 g/mol. The summed E-state index contributed by atoms with van der Waals surface area (Å²) in [4.78, 5) is 23.3. The van der Waals surface area contributed by atoms with Gasteiger partial charge in [0.05, 0.1) is 11.7 Å². The van der Waals surface area contributed by atoms with Gasteiger partial charge in [-0.25, -0.2) is 13.1 Å². The first-order valence-corrected chi connectivity index (χ1v) is 6.43. The number of nitrogens with zero attached hydrogens (tertiary/aromatic N) is 1. The second kappa shape index (κ2) is 4.79. The molecule has 1 heterocycles. The highest BCUT2D eigenvalue weighted by molar-refractivity contribution is 7.89. The van der Waals surface area contributed by atoms with Gasteiger partial charge in [0.1, 0.15) is 0 Å². The van der Waals surface area contributed by atoms with Crippen molar-refractivity contribution in [1.82, 2.24) is 9.62 Å². The highest BCUT2D eigenvalue weighted by atomic mass is 32.2. The number of carbonyl (C=O) groups excluding carboxylic acids is 1. The summed E-state index contributed by atoms with van der Waals surface area (Å²) >= 11 is 0. The van der Waals surface area contributed by atoms with Gasteiger partial charge in [-0.15, -0.1) is 0 Å². The number of aliphatic carboxylic acids is 1. The number of hydrogen-bond acceptors (Lipinski definition) is 4. The van der Waals surface area contributed by atoms with E-state index in [0.29, 0.717) is 0 Å². The van der Waals surface area contributed by atoms with Gasteiger partial charge in [0.25, 0.3) is 0 Å². The van der Waals surface area contributed by atoms with Crippen LogP contribution in [0.1, 0.15) is 6.42 Å². The van der Waals surface area contributed by atoms with Gasteiger partial charge < -0.3 is 10.0 Å². The number of rotatable bonds is 5. The normalized spacial score (nSPS) is 21.4. The molecule has 0 aromatic heterocycles. The topological polar surface area (TPSA) is 104 Å². The zero-order valence-corrected chi connectivity index (χ0v) is 9.66. The fourth-order valence-electron chi connectivity index (χ4n) is 1.49. The van der Waals surface area contributed by atoms with Crippen LogP contribution in [0.3, 0.4) is 0 Å². The maximum absolute atomic E-state index is 11.3. The summed E-state index contributed by atoms with van der Waals surface area (Å²) < 4.78 is 24.4. The van der Waals surface area contributed by atoms with Crippen LogP contribution < -0.4 is 4.72 Å². The third kappa shape index (κ3) is 3.17. The van der Waals surface area contributed by atoms with Crippen LogP contribution in [-0.4, -0.2) is 56.2 Å². The van der Waals surface area contributed by atoms with Gasteiger partial charge in [0.2, 0.25) is 15.9 Å². The first-order valence-electron chi connectivity index (χ1n) is 4.77. The Morgan fingerprint density at radius 3 is 2.69 bits per heavy atom. The van der Waals surface area contributed by atoms with Crippen LogP contribution in [0.25, 0.3) is 0 Å². The van der Waals surface area contributed by atoms with Gasteiger partial charge in [-0.1, -0.05) is 0 Å². The SMILES string of the molecule is CNS(=O)(=O)CCN1CC(C(=O)O)CC1=O. The molecule has 0 aromatic carbocycles. The van der Waals surface area contributed by atoms with Gasteiger partial charge in [0.15, 0.2) is 0 Å². The molecular formula is C8H14N2O5S. The molecule has 1 rings (SSSR count). The van der Waals surface area contributed by atoms with E-state index in [1.54, 1.807) is 0 Å². The van der Waals surface area contributed by atoms with Crippen LogP contribution >= 0.6 is 0 Å². The standard InChI is InChI=1S/C8H14N2O5S/c1-9-16(14,15)3-2-10-5-6(8(12)13)4-7(10)11/h6,9H,2-5H2,1H3,(H,12,13). The summed E-state index contributed by atoms with van der Waals surface area (Å²) in [5.41, 5.74) is 0. The second-order valence-electron chi connectivity index (χ2n) is 3.60. The molecule has 1 aliphatic rings. The minimum Gasteiger partial charge on any atom is -0.481 e. The van der Waals surface area contributed by atoms with E-state index in [-0.39, 0.29) is 31.2 Å². The Balaban J connectivity index is 2.51. The Morgan fingerprint density at radius 1 is 1.62 bits per heavy atom. The molecule has 7 nitrogen and oxygen atoms in total. The molecule has 92 valence electrons. The third-order valence-electron chi connectivity index (χ3n) is 2.50. The van der Waals surface area contributed by atoms with Crippen LogP contribution in [0.5, 0.6) is 0 Å². The monoisotopic (exact) mass is 250 g/mol. The molecule has 0 aromatic rings. The molecule has 1 amide bonds. The minimum atomic E-state index is -3.36. The number of amides is 1. The molecule has 2 N–H and O–H groups in total. The van der Waals surface area contributed by atoms with Crippen LogP contribution in [0, 0.1) is 5.92 Å². The van der Waals surface area contributed by atoms with E-state index >= 15 is 0 Å². The largest absolute Gasteiger partial charge is 0.481 e. The summed E-state index contributed by atoms with van der Waals surface area (Å²) in [5, 5.41) is 8.71. The molecule has 1 atom stereocenters. The molecular weight excluding hydrogens is 236 g/mol. The van der Waals surface area contributed by atoms with Gasteiger partial charge in [-0.05, 0) is 7.05 Å². The van der Waals surface area contributed by atoms with Crippen LogP contribution in [-0.2, 0) is 19.6 Å². The molecule has 0 saturated carbocycles. The second-order valence-corrected chi connectivity index (χ2v) is 5.65. The summed E-state index contributed by atoms with van der Waals surface area (Å²) in [6.07, 6.45) is -0.0467. The molecule has 16 heavy (non-hydrogen) atoms. The predicted octanol–water partition coefficient (Wildman–Crippen LogP) is -1.53. The molecule has 1 aliphatic heterocycles. The molecule has 1 fully saturated rings. The van der Waals surface area contributed by atoms with Crippen LogP contribution in [0.2, 0.25) is 0 Å². The molecule has 8 heteroatoms. The zero-order chi connectivity index (χ0) is 12.3. The first kappa shape index (κ1) is 12.9. The summed E-state index contributed by atoms with van der Waals surface area (Å²) in [5.74, 6) is -2.25. The Labute approximate surface area is 93.5 Å². The quantitative estimate of drug-likeness (QED) is 0.616. The summed E-state index contributed by atoms with van der Waals surface area (Å²) in [6.45, 7) is 0.124. The number of likely N-dealkylation sites (tertiary alicyclic amines) is 1. The minimum absolute atomic E-state index is 0.0335. The molecule has 1 unspecified atom stereocenters. The Morgan fingerprint density at radius 2 is 2.25 bits per heavy atom. The highest BCUT2D eigenvalue weighted by Gasteiger charge is 2.34. The Hall–Kier alpha value is -1.15. The smallest absolute Gasteiger partial charge is 0.308 e. The van der Waals surface area contributed by atoms with E-state index in [9.17, 15) is 18.0 Å². The van der Waals surface area contributed by atoms with Gasteiger partial charge in [-0.2, -0.15) is 0 Å². The fourth-order valence-corrected chi connectivity index (χ4v) is 2.15. The van der Waals surface area contributed by atoms with E-state index in [1.807, 2.05) is 0 Å². The number of hydrogen-bond donors (Lipinski definition) is 2. The Bertz CT molecular complexity index is 391. The molecule has 0 aliphatic carbocycles. The Kier molecular flexibility index (Phi) is 3.87. The molecule has 0 radical (unpaired) electrons. The van der Waals surface area contributed by atoms with Crippen LogP contribution in [0.15, 0.2) is 0 Å². The molecule has 1 saturated heterocycles. The molecule has 0 spiro atoms. The summed E-state index contributed by atoms with van der Waals surface area (Å²) in [7, 11) is -2.07. The van der Waals surface area contributed by atoms with Crippen molar-refractivity contribution >= 4 is 21.9 Å². The van der Waals surface area contributed by atoms with Gasteiger partial charge in [-0.3, -0.25) is 9.59 Å². The number of carbonyl (C=O) groups is 2. The lowest BCUT2D eigenvalue weighted by Crippen LogP contribution is -2.34. The van der Waals surface area contributed by atoms with Crippen LogP contribution in [0.4, 0.5) is 0 Å². The third-order valence-corrected chi connectivity index (χ3v) is 3.85. The van der Waals surface area contributed by atoms with Crippen molar-refractivity contribution in [3.05, 3.63) is 0 Å². The maximum Gasteiger partial charge on any atom is 0.308 e. The van der Waals surface area contributed by atoms with Crippen molar-refractivity contribution in [2.24, 2.45) is 5.92 Å². The predicted molar refractivity (Wildman–Crippen MR) is 55.2 cm³/mol. The van der Waals surface area contributed by atoms with Crippen molar-refractivity contribution in [2.75, 3.05) is 25.9 Å². The first-order chi connectivity index (χ1) is 7.35. The highest BCUT2D eigenvalue weighted by Crippen LogP contribution is 2.17. The van der Waals surface area contributed by atoms with Crippen molar-refractivity contribution in [1.29, 1.82) is 0 Å². The lowest BCUT2D eigenvalue weighted by atomic mass is 10.1. The van der Waals surface area contributed by atoms with Crippen molar-refractivity contribution in [3.63, 3.8) is 0 Å². The fraction of sp³-hybridized carbons (Fsp3) is 0.750. The average Bonchev–Trinajstić information content (AvgIpc) is 2.57. The maximum atomic E-state index is 11.3. The van der Waals surface area contributed by atoms with E-state index in [0.717, 1.165) is 0 Å². The zero-order valence-electron chi connectivity index (χ0n) is 8.84. The number of carboxylic acid groups (broad SMARTS) is 1. The van der Waals surface area contributed by atoms with Gasteiger partial charge >= 0.3 is 5.97 Å². The van der Waals surface area contributed by atoms with Gasteiger partial charge in [0, 0.05) is 19.5 Å².